The van der Waals surface area contributed by atoms with E-state index in [0.717, 1.165) is 0 Å². The molecule has 3 amide bonds. The molecule has 1 heterocycles. The minimum atomic E-state index is -1.11. The van der Waals surface area contributed by atoms with Crippen molar-refractivity contribution >= 4 is 17.9 Å². The van der Waals surface area contributed by atoms with Gasteiger partial charge in [-0.2, -0.15) is 0 Å². The molecule has 5 N–H and O–H groups in total. The summed E-state index contributed by atoms with van der Waals surface area (Å²) in [5, 5.41) is 13.9. The van der Waals surface area contributed by atoms with Gasteiger partial charge in [0.05, 0.1) is 6.42 Å². The van der Waals surface area contributed by atoms with Crippen molar-refractivity contribution in [2.45, 2.75) is 18.9 Å². The van der Waals surface area contributed by atoms with Crippen LogP contribution in [0.2, 0.25) is 0 Å². The maximum atomic E-state index is 11.8. The van der Waals surface area contributed by atoms with Gasteiger partial charge in [0.25, 0.3) is 0 Å². The number of urea groups is 1. The van der Waals surface area contributed by atoms with Crippen molar-refractivity contribution in [3.05, 3.63) is 0 Å². The van der Waals surface area contributed by atoms with Crippen LogP contribution in [0.25, 0.3) is 0 Å². The standard InChI is InChI=1S/C10H18N4O4/c11-2-1-3-13-10(18)14-5-4-12-9(17)7(14)6-8(15)16/h7H,1-6,11H2,(H,12,17)(H,13,18)(H,15,16). The van der Waals surface area contributed by atoms with E-state index in [9.17, 15) is 14.4 Å². The monoisotopic (exact) mass is 258 g/mol. The summed E-state index contributed by atoms with van der Waals surface area (Å²) in [4.78, 5) is 35.3. The zero-order chi connectivity index (χ0) is 13.5. The average molecular weight is 258 g/mol. The van der Waals surface area contributed by atoms with Crippen LogP contribution in [0.4, 0.5) is 4.79 Å². The molecule has 0 spiro atoms. The van der Waals surface area contributed by atoms with Crippen LogP contribution in [0.3, 0.4) is 0 Å². The lowest BCUT2D eigenvalue weighted by atomic mass is 10.1. The molecule has 1 rings (SSSR count). The van der Waals surface area contributed by atoms with E-state index in [1.807, 2.05) is 0 Å². The number of amides is 3. The summed E-state index contributed by atoms with van der Waals surface area (Å²) in [6.45, 7) is 1.50. The number of carbonyl (C=O) groups excluding carboxylic acids is 2. The summed E-state index contributed by atoms with van der Waals surface area (Å²) in [5.41, 5.74) is 5.30. The Morgan fingerprint density at radius 1 is 1.56 bits per heavy atom. The van der Waals surface area contributed by atoms with E-state index in [2.05, 4.69) is 10.6 Å². The van der Waals surface area contributed by atoms with Crippen LogP contribution >= 0.6 is 0 Å². The number of hydrogen-bond acceptors (Lipinski definition) is 4. The van der Waals surface area contributed by atoms with Gasteiger partial charge in [0.2, 0.25) is 5.91 Å². The molecule has 102 valence electrons. The first-order valence-corrected chi connectivity index (χ1v) is 5.80. The molecule has 18 heavy (non-hydrogen) atoms. The minimum Gasteiger partial charge on any atom is -0.481 e. The maximum Gasteiger partial charge on any atom is 0.318 e. The molecule has 1 aliphatic rings. The largest absolute Gasteiger partial charge is 0.481 e. The normalized spacial score (nSPS) is 19.3. The molecule has 0 aromatic rings. The number of carbonyl (C=O) groups is 3. The lowest BCUT2D eigenvalue weighted by molar-refractivity contribution is -0.142. The summed E-state index contributed by atoms with van der Waals surface area (Å²) >= 11 is 0. The number of hydrogen-bond donors (Lipinski definition) is 4. The van der Waals surface area contributed by atoms with E-state index < -0.39 is 30.4 Å². The van der Waals surface area contributed by atoms with Crippen molar-refractivity contribution in [1.82, 2.24) is 15.5 Å². The highest BCUT2D eigenvalue weighted by Gasteiger charge is 2.34. The third kappa shape index (κ3) is 3.88. The van der Waals surface area contributed by atoms with Crippen LogP contribution in [0.15, 0.2) is 0 Å². The molecule has 1 atom stereocenters. The fourth-order valence-electron chi connectivity index (χ4n) is 1.73. The third-order valence-corrected chi connectivity index (χ3v) is 2.62. The van der Waals surface area contributed by atoms with Crippen molar-refractivity contribution in [1.29, 1.82) is 0 Å². The Balaban J connectivity index is 2.60. The van der Waals surface area contributed by atoms with Gasteiger partial charge in [-0.25, -0.2) is 4.79 Å². The Kier molecular flexibility index (Phi) is 5.37. The highest BCUT2D eigenvalue weighted by Crippen LogP contribution is 2.09. The molecule has 1 fully saturated rings. The Morgan fingerprint density at radius 3 is 2.89 bits per heavy atom. The molecule has 8 heteroatoms. The van der Waals surface area contributed by atoms with Gasteiger partial charge >= 0.3 is 12.0 Å². The lowest BCUT2D eigenvalue weighted by Gasteiger charge is -2.34. The smallest absolute Gasteiger partial charge is 0.318 e. The van der Waals surface area contributed by atoms with Crippen LogP contribution in [0, 0.1) is 0 Å². The van der Waals surface area contributed by atoms with E-state index in [1.165, 1.54) is 4.90 Å². The highest BCUT2D eigenvalue weighted by atomic mass is 16.4. The molecule has 8 nitrogen and oxygen atoms in total. The number of aliphatic carboxylic acids is 1. The van der Waals surface area contributed by atoms with Gasteiger partial charge < -0.3 is 26.4 Å². The van der Waals surface area contributed by atoms with Crippen LogP contribution in [0.5, 0.6) is 0 Å². The second-order valence-electron chi connectivity index (χ2n) is 3.97. The van der Waals surface area contributed by atoms with Crippen molar-refractivity contribution in [3.63, 3.8) is 0 Å². The van der Waals surface area contributed by atoms with Gasteiger partial charge in [-0.15, -0.1) is 0 Å². The number of rotatable bonds is 5. The predicted octanol–water partition coefficient (Wildman–Crippen LogP) is -1.68. The van der Waals surface area contributed by atoms with Gasteiger partial charge in [-0.1, -0.05) is 0 Å². The molecule has 0 radical (unpaired) electrons. The number of carboxylic acids is 1. The van der Waals surface area contributed by atoms with E-state index in [1.54, 1.807) is 0 Å². The van der Waals surface area contributed by atoms with Crippen molar-refractivity contribution in [2.24, 2.45) is 5.73 Å². The molecule has 0 aromatic carbocycles. The molecule has 1 saturated heterocycles. The Labute approximate surface area is 104 Å². The number of carboxylic acid groups (broad SMARTS) is 1. The van der Waals surface area contributed by atoms with Crippen LogP contribution in [-0.2, 0) is 9.59 Å². The van der Waals surface area contributed by atoms with E-state index in [0.29, 0.717) is 32.6 Å². The predicted molar refractivity (Wildman–Crippen MR) is 62.8 cm³/mol. The summed E-state index contributed by atoms with van der Waals surface area (Å²) in [7, 11) is 0. The van der Waals surface area contributed by atoms with Gasteiger partial charge in [0.1, 0.15) is 6.04 Å². The number of nitrogens with zero attached hydrogens (tertiary/aromatic N) is 1. The maximum absolute atomic E-state index is 11.8. The first-order chi connectivity index (χ1) is 8.56. The fourth-order valence-corrected chi connectivity index (χ4v) is 1.73. The molecular formula is C10H18N4O4. The second-order valence-corrected chi connectivity index (χ2v) is 3.97. The lowest BCUT2D eigenvalue weighted by Crippen LogP contribution is -2.60. The fraction of sp³-hybridized carbons (Fsp3) is 0.700. The van der Waals surface area contributed by atoms with Gasteiger partial charge in [0.15, 0.2) is 0 Å². The SMILES string of the molecule is NCCCNC(=O)N1CCNC(=O)C1CC(=O)O. The summed E-state index contributed by atoms with van der Waals surface area (Å²) in [6.07, 6.45) is 0.242. The molecule has 0 aliphatic carbocycles. The van der Waals surface area contributed by atoms with Crippen LogP contribution < -0.4 is 16.4 Å². The van der Waals surface area contributed by atoms with Crippen molar-refractivity contribution in [2.75, 3.05) is 26.2 Å². The minimum absolute atomic E-state index is 0.304. The van der Waals surface area contributed by atoms with E-state index in [-0.39, 0.29) is 0 Å². The Hall–Kier alpha value is -1.83. The summed E-state index contributed by atoms with van der Waals surface area (Å²) in [5.74, 6) is -1.55. The first-order valence-electron chi connectivity index (χ1n) is 5.80. The number of nitrogens with two attached hydrogens (primary N) is 1. The molecule has 0 aromatic heterocycles. The molecule has 0 saturated carbocycles. The topological polar surface area (TPSA) is 125 Å². The highest BCUT2D eigenvalue weighted by molar-refractivity contribution is 5.91. The van der Waals surface area contributed by atoms with Crippen molar-refractivity contribution < 1.29 is 19.5 Å². The molecular weight excluding hydrogens is 240 g/mol. The Bertz CT molecular complexity index is 334. The summed E-state index contributed by atoms with van der Waals surface area (Å²) < 4.78 is 0. The quantitative estimate of drug-likeness (QED) is 0.438. The van der Waals surface area contributed by atoms with Gasteiger partial charge in [-0.3, -0.25) is 9.59 Å². The van der Waals surface area contributed by atoms with Crippen molar-refractivity contribution in [3.8, 4) is 0 Å². The van der Waals surface area contributed by atoms with E-state index in [4.69, 9.17) is 10.8 Å². The number of nitrogens with one attached hydrogen (secondary N) is 2. The molecule has 1 aliphatic heterocycles. The van der Waals surface area contributed by atoms with E-state index >= 15 is 0 Å². The van der Waals surface area contributed by atoms with Gasteiger partial charge in [0, 0.05) is 19.6 Å². The van der Waals surface area contributed by atoms with Crippen LogP contribution in [0.1, 0.15) is 12.8 Å². The molecule has 1 unspecified atom stereocenters. The average Bonchev–Trinajstić information content (AvgIpc) is 2.31. The zero-order valence-electron chi connectivity index (χ0n) is 10.0. The second kappa shape index (κ2) is 6.80. The summed E-state index contributed by atoms with van der Waals surface area (Å²) in [6, 6.07) is -1.38. The first kappa shape index (κ1) is 14.2. The number of piperazine rings is 1. The Morgan fingerprint density at radius 2 is 2.28 bits per heavy atom. The van der Waals surface area contributed by atoms with Gasteiger partial charge in [-0.05, 0) is 13.0 Å². The van der Waals surface area contributed by atoms with Crippen LogP contribution in [-0.4, -0.2) is 60.1 Å². The zero-order valence-corrected chi connectivity index (χ0v) is 10.0. The third-order valence-electron chi connectivity index (χ3n) is 2.62. The molecule has 0 bridgehead atoms.